The van der Waals surface area contributed by atoms with Crippen molar-refractivity contribution >= 4 is 17.4 Å². The summed E-state index contributed by atoms with van der Waals surface area (Å²) in [5, 5.41) is 6.19. The van der Waals surface area contributed by atoms with Crippen LogP contribution in [0.5, 0.6) is 0 Å². The molecule has 0 amide bonds. The first kappa shape index (κ1) is 13.2. The Kier molecular flexibility index (Phi) is 5.13. The summed E-state index contributed by atoms with van der Waals surface area (Å²) in [6.45, 7) is 8.28. The second-order valence-corrected chi connectivity index (χ2v) is 3.73. The number of anilines is 2. The molecule has 0 radical (unpaired) electrons. The molecule has 1 aromatic heterocycles. The molecule has 0 saturated heterocycles. The third-order valence-corrected chi connectivity index (χ3v) is 2.05. The maximum Gasteiger partial charge on any atom is 0.132 e. The number of carbonyl (C=O) groups excluding carboxylic acids is 1. The predicted octanol–water partition coefficient (Wildman–Crippen LogP) is 1.77. The van der Waals surface area contributed by atoms with Gasteiger partial charge in [-0.1, -0.05) is 6.08 Å². The maximum absolute atomic E-state index is 10.8. The van der Waals surface area contributed by atoms with E-state index in [1.165, 1.54) is 0 Å². The first-order chi connectivity index (χ1) is 8.11. The van der Waals surface area contributed by atoms with Crippen molar-refractivity contribution < 1.29 is 4.79 Å². The van der Waals surface area contributed by atoms with E-state index in [0.29, 0.717) is 25.3 Å². The highest BCUT2D eigenvalue weighted by atomic mass is 16.1. The Labute approximate surface area is 101 Å². The predicted molar refractivity (Wildman–Crippen MR) is 69.2 cm³/mol. The molecule has 5 nitrogen and oxygen atoms in total. The molecule has 92 valence electrons. The number of Topliss-reactive ketones (excluding diaryl/α,β-unsaturated/α-hetero) is 1. The number of hydrogen-bond acceptors (Lipinski definition) is 5. The molecule has 0 bridgehead atoms. The minimum atomic E-state index is 0.160. The van der Waals surface area contributed by atoms with E-state index in [2.05, 4.69) is 27.2 Å². The highest BCUT2D eigenvalue weighted by Crippen LogP contribution is 2.10. The molecule has 0 atom stereocenters. The number of hydrogen-bond donors (Lipinski definition) is 2. The number of aromatic nitrogens is 2. The van der Waals surface area contributed by atoms with Crippen LogP contribution in [0.3, 0.4) is 0 Å². The van der Waals surface area contributed by atoms with E-state index in [-0.39, 0.29) is 5.78 Å². The van der Waals surface area contributed by atoms with Gasteiger partial charge in [0.1, 0.15) is 23.2 Å². The average molecular weight is 234 g/mol. The van der Waals surface area contributed by atoms with Crippen LogP contribution in [0.2, 0.25) is 0 Å². The fourth-order valence-electron chi connectivity index (χ4n) is 1.29. The topological polar surface area (TPSA) is 66.9 Å². The Balaban J connectivity index is 2.61. The number of aryl methyl sites for hydroxylation is 1. The van der Waals surface area contributed by atoms with Gasteiger partial charge in [0.2, 0.25) is 0 Å². The van der Waals surface area contributed by atoms with E-state index in [4.69, 9.17) is 0 Å². The van der Waals surface area contributed by atoms with Gasteiger partial charge in [0.05, 0.1) is 0 Å². The van der Waals surface area contributed by atoms with Crippen LogP contribution in [-0.2, 0) is 4.79 Å². The molecule has 2 N–H and O–H groups in total. The van der Waals surface area contributed by atoms with Crippen molar-refractivity contribution in [2.45, 2.75) is 20.3 Å². The average Bonchev–Trinajstić information content (AvgIpc) is 2.25. The van der Waals surface area contributed by atoms with E-state index in [0.717, 1.165) is 11.6 Å². The fourth-order valence-corrected chi connectivity index (χ4v) is 1.29. The zero-order valence-electron chi connectivity index (χ0n) is 10.3. The smallest absolute Gasteiger partial charge is 0.132 e. The number of rotatable bonds is 7. The van der Waals surface area contributed by atoms with Crippen molar-refractivity contribution in [2.24, 2.45) is 0 Å². The number of ketones is 1. The van der Waals surface area contributed by atoms with Gasteiger partial charge in [-0.05, 0) is 13.8 Å². The molecule has 0 aliphatic carbocycles. The van der Waals surface area contributed by atoms with Crippen LogP contribution < -0.4 is 10.6 Å². The van der Waals surface area contributed by atoms with Crippen molar-refractivity contribution in [1.82, 2.24) is 9.97 Å². The van der Waals surface area contributed by atoms with E-state index in [9.17, 15) is 4.79 Å². The molecule has 5 heteroatoms. The quantitative estimate of drug-likeness (QED) is 0.704. The Morgan fingerprint density at radius 2 is 2.06 bits per heavy atom. The van der Waals surface area contributed by atoms with Gasteiger partial charge in [0.25, 0.3) is 0 Å². The van der Waals surface area contributed by atoms with E-state index < -0.39 is 0 Å². The van der Waals surface area contributed by atoms with Crippen molar-refractivity contribution in [2.75, 3.05) is 23.7 Å². The lowest BCUT2D eigenvalue weighted by Crippen LogP contribution is -2.09. The summed E-state index contributed by atoms with van der Waals surface area (Å²) in [4.78, 5) is 19.3. The molecule has 0 unspecified atom stereocenters. The molecule has 1 rings (SSSR count). The summed E-state index contributed by atoms with van der Waals surface area (Å²) in [6.07, 6.45) is 2.26. The molecule has 0 spiro atoms. The standard InChI is InChI=1S/C12H18N4O/c1-4-6-13-11-8-12(16-10(3)15-11)14-7-5-9(2)17/h4,8H,1,5-7H2,2-3H3,(H2,13,14,15,16). The van der Waals surface area contributed by atoms with E-state index in [1.807, 2.05) is 13.0 Å². The van der Waals surface area contributed by atoms with Gasteiger partial charge in [-0.2, -0.15) is 0 Å². The molecule has 0 fully saturated rings. The van der Waals surface area contributed by atoms with Crippen molar-refractivity contribution in [3.8, 4) is 0 Å². The normalized spacial score (nSPS) is 9.76. The Bertz CT molecular complexity index is 403. The van der Waals surface area contributed by atoms with Gasteiger partial charge in [0.15, 0.2) is 0 Å². The van der Waals surface area contributed by atoms with Crippen LogP contribution in [0.15, 0.2) is 18.7 Å². The first-order valence-corrected chi connectivity index (χ1v) is 5.55. The van der Waals surface area contributed by atoms with Gasteiger partial charge in [-0.15, -0.1) is 6.58 Å². The second-order valence-electron chi connectivity index (χ2n) is 3.73. The first-order valence-electron chi connectivity index (χ1n) is 5.55. The summed E-state index contributed by atoms with van der Waals surface area (Å²) in [5.41, 5.74) is 0. The monoisotopic (exact) mass is 234 g/mol. The molecular formula is C12H18N4O. The molecule has 0 aromatic carbocycles. The van der Waals surface area contributed by atoms with Crippen LogP contribution in [0.1, 0.15) is 19.2 Å². The Morgan fingerprint density at radius 1 is 1.41 bits per heavy atom. The van der Waals surface area contributed by atoms with Crippen LogP contribution in [-0.4, -0.2) is 28.8 Å². The molecule has 1 aromatic rings. The zero-order chi connectivity index (χ0) is 12.7. The third-order valence-electron chi connectivity index (χ3n) is 2.05. The highest BCUT2D eigenvalue weighted by molar-refractivity contribution is 5.75. The molecular weight excluding hydrogens is 216 g/mol. The number of nitrogens with one attached hydrogen (secondary N) is 2. The van der Waals surface area contributed by atoms with Crippen molar-refractivity contribution in [1.29, 1.82) is 0 Å². The molecule has 17 heavy (non-hydrogen) atoms. The Hall–Kier alpha value is -1.91. The highest BCUT2D eigenvalue weighted by Gasteiger charge is 2.01. The largest absolute Gasteiger partial charge is 0.369 e. The van der Waals surface area contributed by atoms with Gasteiger partial charge in [0, 0.05) is 25.6 Å². The van der Waals surface area contributed by atoms with E-state index >= 15 is 0 Å². The summed E-state index contributed by atoms with van der Waals surface area (Å²) >= 11 is 0. The van der Waals surface area contributed by atoms with Crippen LogP contribution in [0.4, 0.5) is 11.6 Å². The summed E-state index contributed by atoms with van der Waals surface area (Å²) in [7, 11) is 0. The van der Waals surface area contributed by atoms with Crippen LogP contribution in [0, 0.1) is 6.92 Å². The van der Waals surface area contributed by atoms with Gasteiger partial charge in [-0.3, -0.25) is 4.79 Å². The number of carbonyl (C=O) groups is 1. The van der Waals surface area contributed by atoms with Crippen molar-refractivity contribution in [3.63, 3.8) is 0 Å². The minimum Gasteiger partial charge on any atom is -0.369 e. The van der Waals surface area contributed by atoms with Gasteiger partial charge < -0.3 is 10.6 Å². The van der Waals surface area contributed by atoms with Gasteiger partial charge in [-0.25, -0.2) is 9.97 Å². The van der Waals surface area contributed by atoms with Crippen molar-refractivity contribution in [3.05, 3.63) is 24.5 Å². The number of nitrogens with zero attached hydrogens (tertiary/aromatic N) is 2. The SMILES string of the molecule is C=CCNc1cc(NCCC(C)=O)nc(C)n1. The summed E-state index contributed by atoms with van der Waals surface area (Å²) in [5.74, 6) is 2.32. The molecule has 0 aliphatic rings. The van der Waals surface area contributed by atoms with Gasteiger partial charge >= 0.3 is 0 Å². The lowest BCUT2D eigenvalue weighted by Gasteiger charge is -2.08. The second kappa shape index (κ2) is 6.62. The maximum atomic E-state index is 10.8. The summed E-state index contributed by atoms with van der Waals surface area (Å²) < 4.78 is 0. The molecule has 0 saturated carbocycles. The minimum absolute atomic E-state index is 0.160. The van der Waals surface area contributed by atoms with Crippen LogP contribution in [0.25, 0.3) is 0 Å². The zero-order valence-corrected chi connectivity index (χ0v) is 10.3. The van der Waals surface area contributed by atoms with E-state index in [1.54, 1.807) is 13.0 Å². The molecule has 0 aliphatic heterocycles. The fraction of sp³-hybridized carbons (Fsp3) is 0.417. The van der Waals surface area contributed by atoms with Crippen LogP contribution >= 0.6 is 0 Å². The summed E-state index contributed by atoms with van der Waals surface area (Å²) in [6, 6.07) is 1.82. The third kappa shape index (κ3) is 5.10. The lowest BCUT2D eigenvalue weighted by atomic mass is 10.3. The lowest BCUT2D eigenvalue weighted by molar-refractivity contribution is -0.116. The molecule has 1 heterocycles. The Morgan fingerprint density at radius 3 is 2.65 bits per heavy atom.